The van der Waals surface area contributed by atoms with Crippen LogP contribution in [0.3, 0.4) is 0 Å². The topological polar surface area (TPSA) is 62.4 Å². The van der Waals surface area contributed by atoms with E-state index in [9.17, 15) is 5.11 Å². The molecule has 3 unspecified atom stereocenters. The first kappa shape index (κ1) is 11.9. The minimum Gasteiger partial charge on any atom is -0.393 e. The number of rotatable bonds is 2. The van der Waals surface area contributed by atoms with Gasteiger partial charge in [-0.05, 0) is 44.7 Å². The lowest BCUT2D eigenvalue weighted by Crippen LogP contribution is -2.44. The Kier molecular flexibility index (Phi) is 2.99. The highest BCUT2D eigenvalue weighted by Gasteiger charge is 2.40. The van der Waals surface area contributed by atoms with E-state index < -0.39 is 0 Å². The molecule has 0 saturated carbocycles. The van der Waals surface area contributed by atoms with Gasteiger partial charge in [-0.3, -0.25) is 4.98 Å². The third-order valence-electron chi connectivity index (χ3n) is 4.24. The molecule has 0 radical (unpaired) electrons. The van der Waals surface area contributed by atoms with Crippen molar-refractivity contribution in [3.05, 3.63) is 24.0 Å². The summed E-state index contributed by atoms with van der Waals surface area (Å²) >= 11 is 0. The Balaban J connectivity index is 1.83. The summed E-state index contributed by atoms with van der Waals surface area (Å²) in [6.07, 6.45) is 5.99. The van der Waals surface area contributed by atoms with Crippen molar-refractivity contribution in [3.8, 4) is 0 Å². The molecule has 2 fully saturated rings. The molecule has 0 amide bonds. The number of pyridine rings is 1. The van der Waals surface area contributed by atoms with E-state index in [4.69, 9.17) is 5.73 Å². The van der Waals surface area contributed by atoms with E-state index in [-0.39, 0.29) is 12.1 Å². The summed E-state index contributed by atoms with van der Waals surface area (Å²) in [6, 6.07) is 5.10. The normalized spacial score (nSPS) is 32.6. The standard InChI is InChI=1S/C14H21N3O/c1-9(15)14-5-4-12(8-16-14)17-10-2-3-11(17)7-13(18)6-10/h4-5,8-11,13,18H,2-3,6-7,15H2,1H3. The monoisotopic (exact) mass is 247 g/mol. The summed E-state index contributed by atoms with van der Waals surface area (Å²) in [6.45, 7) is 1.95. The first-order valence-corrected chi connectivity index (χ1v) is 6.83. The van der Waals surface area contributed by atoms with E-state index in [1.54, 1.807) is 0 Å². The van der Waals surface area contributed by atoms with Gasteiger partial charge in [-0.1, -0.05) is 0 Å². The number of nitrogens with zero attached hydrogens (tertiary/aromatic N) is 2. The zero-order chi connectivity index (χ0) is 12.7. The molecule has 2 aliphatic heterocycles. The quantitative estimate of drug-likeness (QED) is 0.833. The Morgan fingerprint density at radius 3 is 2.50 bits per heavy atom. The van der Waals surface area contributed by atoms with Crippen LogP contribution in [0.15, 0.2) is 18.3 Å². The maximum Gasteiger partial charge on any atom is 0.0579 e. The predicted octanol–water partition coefficient (Wildman–Crippen LogP) is 1.59. The van der Waals surface area contributed by atoms with Crippen molar-refractivity contribution in [1.82, 2.24) is 4.98 Å². The van der Waals surface area contributed by atoms with Gasteiger partial charge in [-0.15, -0.1) is 0 Å². The second-order valence-corrected chi connectivity index (χ2v) is 5.65. The summed E-state index contributed by atoms with van der Waals surface area (Å²) in [5.41, 5.74) is 7.93. The lowest BCUT2D eigenvalue weighted by Gasteiger charge is -2.38. The Morgan fingerprint density at radius 2 is 2.00 bits per heavy atom. The van der Waals surface area contributed by atoms with Gasteiger partial charge in [0.15, 0.2) is 0 Å². The summed E-state index contributed by atoms with van der Waals surface area (Å²) in [5.74, 6) is 0. The smallest absolute Gasteiger partial charge is 0.0579 e. The number of hydrogen-bond donors (Lipinski definition) is 2. The van der Waals surface area contributed by atoms with Crippen LogP contribution in [0, 0.1) is 0 Å². The number of fused-ring (bicyclic) bond motifs is 2. The van der Waals surface area contributed by atoms with Crippen molar-refractivity contribution < 1.29 is 5.11 Å². The van der Waals surface area contributed by atoms with Crippen molar-refractivity contribution >= 4 is 5.69 Å². The molecule has 3 atom stereocenters. The van der Waals surface area contributed by atoms with Crippen molar-refractivity contribution in [2.24, 2.45) is 5.73 Å². The first-order valence-electron chi connectivity index (χ1n) is 6.83. The Bertz CT molecular complexity index is 404. The van der Waals surface area contributed by atoms with Crippen LogP contribution in [0.25, 0.3) is 0 Å². The Hall–Kier alpha value is -1.13. The third kappa shape index (κ3) is 1.99. The minimum atomic E-state index is -0.116. The van der Waals surface area contributed by atoms with Gasteiger partial charge in [-0.25, -0.2) is 0 Å². The van der Waals surface area contributed by atoms with Gasteiger partial charge in [0.25, 0.3) is 0 Å². The SMILES string of the molecule is CC(N)c1ccc(N2C3CCC2CC(O)C3)cn1. The van der Waals surface area contributed by atoms with Gasteiger partial charge in [0, 0.05) is 18.1 Å². The molecule has 3 N–H and O–H groups in total. The first-order chi connectivity index (χ1) is 8.65. The highest BCUT2D eigenvalue weighted by molar-refractivity contribution is 5.49. The molecule has 4 nitrogen and oxygen atoms in total. The van der Waals surface area contributed by atoms with E-state index in [2.05, 4.69) is 16.0 Å². The lowest BCUT2D eigenvalue weighted by atomic mass is 9.99. The molecule has 0 aliphatic carbocycles. The molecule has 0 spiro atoms. The van der Waals surface area contributed by atoms with E-state index in [0.29, 0.717) is 12.1 Å². The molecule has 4 heteroatoms. The molecule has 18 heavy (non-hydrogen) atoms. The average molecular weight is 247 g/mol. The molecule has 98 valence electrons. The fraction of sp³-hybridized carbons (Fsp3) is 0.643. The number of aromatic nitrogens is 1. The van der Waals surface area contributed by atoms with Gasteiger partial charge in [0.1, 0.15) is 0 Å². The minimum absolute atomic E-state index is 0.0149. The number of anilines is 1. The highest BCUT2D eigenvalue weighted by Crippen LogP contribution is 2.39. The van der Waals surface area contributed by atoms with E-state index in [0.717, 1.165) is 18.5 Å². The molecule has 1 aromatic rings. The largest absolute Gasteiger partial charge is 0.393 e. The molecule has 0 aromatic carbocycles. The summed E-state index contributed by atoms with van der Waals surface area (Å²) < 4.78 is 0. The molecular formula is C14H21N3O. The molecule has 2 aliphatic rings. The van der Waals surface area contributed by atoms with Crippen LogP contribution < -0.4 is 10.6 Å². The Morgan fingerprint density at radius 1 is 1.33 bits per heavy atom. The molecule has 3 heterocycles. The highest BCUT2D eigenvalue weighted by atomic mass is 16.3. The van der Waals surface area contributed by atoms with E-state index in [1.165, 1.54) is 18.5 Å². The number of piperidine rings is 1. The predicted molar refractivity (Wildman–Crippen MR) is 71.4 cm³/mol. The van der Waals surface area contributed by atoms with Crippen LogP contribution in [-0.2, 0) is 0 Å². The second kappa shape index (κ2) is 4.52. The summed E-state index contributed by atoms with van der Waals surface area (Å²) in [7, 11) is 0. The molecule has 3 rings (SSSR count). The third-order valence-corrected chi connectivity index (χ3v) is 4.24. The zero-order valence-corrected chi connectivity index (χ0v) is 10.8. The maximum atomic E-state index is 9.81. The number of aliphatic hydroxyl groups is 1. The van der Waals surface area contributed by atoms with Crippen LogP contribution in [0.1, 0.15) is 44.3 Å². The van der Waals surface area contributed by atoms with Gasteiger partial charge in [-0.2, -0.15) is 0 Å². The molecular weight excluding hydrogens is 226 g/mol. The van der Waals surface area contributed by atoms with Crippen molar-refractivity contribution in [3.63, 3.8) is 0 Å². The van der Waals surface area contributed by atoms with Crippen LogP contribution in [0.2, 0.25) is 0 Å². The van der Waals surface area contributed by atoms with Crippen LogP contribution in [0.4, 0.5) is 5.69 Å². The summed E-state index contributed by atoms with van der Waals surface area (Å²) in [5, 5.41) is 9.81. The van der Waals surface area contributed by atoms with Gasteiger partial charge in [0.05, 0.1) is 23.7 Å². The van der Waals surface area contributed by atoms with Crippen LogP contribution in [0.5, 0.6) is 0 Å². The second-order valence-electron chi connectivity index (χ2n) is 5.65. The molecule has 2 saturated heterocycles. The number of nitrogens with two attached hydrogens (primary N) is 1. The number of aliphatic hydroxyl groups excluding tert-OH is 1. The van der Waals surface area contributed by atoms with Crippen LogP contribution in [-0.4, -0.2) is 28.3 Å². The van der Waals surface area contributed by atoms with E-state index in [1.807, 2.05) is 19.2 Å². The Labute approximate surface area is 108 Å². The van der Waals surface area contributed by atoms with Gasteiger partial charge in [0.2, 0.25) is 0 Å². The number of hydrogen-bond acceptors (Lipinski definition) is 4. The van der Waals surface area contributed by atoms with Crippen molar-refractivity contribution in [2.75, 3.05) is 4.90 Å². The zero-order valence-electron chi connectivity index (χ0n) is 10.8. The van der Waals surface area contributed by atoms with Gasteiger partial charge >= 0.3 is 0 Å². The van der Waals surface area contributed by atoms with E-state index >= 15 is 0 Å². The van der Waals surface area contributed by atoms with Crippen molar-refractivity contribution in [1.29, 1.82) is 0 Å². The average Bonchev–Trinajstić information content (AvgIpc) is 2.62. The van der Waals surface area contributed by atoms with Gasteiger partial charge < -0.3 is 15.7 Å². The maximum absolute atomic E-state index is 9.81. The van der Waals surface area contributed by atoms with Crippen LogP contribution >= 0.6 is 0 Å². The molecule has 2 bridgehead atoms. The summed E-state index contributed by atoms with van der Waals surface area (Å²) in [4.78, 5) is 6.89. The fourth-order valence-corrected chi connectivity index (χ4v) is 3.39. The lowest BCUT2D eigenvalue weighted by molar-refractivity contribution is 0.126. The van der Waals surface area contributed by atoms with Crippen molar-refractivity contribution in [2.45, 2.75) is 56.8 Å². The fourth-order valence-electron chi connectivity index (χ4n) is 3.39. The molecule has 1 aromatic heterocycles.